The molecule has 0 heterocycles. The average molecular weight is 398 g/mol. The zero-order chi connectivity index (χ0) is 15.8. The van der Waals surface area contributed by atoms with Crippen LogP contribution in [0.2, 0.25) is 5.02 Å². The molecule has 0 atom stereocenters. The van der Waals surface area contributed by atoms with Gasteiger partial charge in [0, 0.05) is 16.2 Å². The van der Waals surface area contributed by atoms with Crippen LogP contribution >= 0.6 is 27.5 Å². The van der Waals surface area contributed by atoms with Crippen molar-refractivity contribution in [2.45, 2.75) is 4.90 Å². The van der Waals surface area contributed by atoms with Crippen molar-refractivity contribution in [1.82, 2.24) is 0 Å². The van der Waals surface area contributed by atoms with Crippen molar-refractivity contribution < 1.29 is 17.2 Å². The molecule has 112 valence electrons. The van der Waals surface area contributed by atoms with Crippen LogP contribution in [0, 0.1) is 11.6 Å². The number of nitrogens with two attached hydrogens (primary N) is 1. The summed E-state index contributed by atoms with van der Waals surface area (Å²) in [7, 11) is -4.15. The molecule has 0 aliphatic heterocycles. The summed E-state index contributed by atoms with van der Waals surface area (Å²) in [6, 6.07) is 5.29. The smallest absolute Gasteiger partial charge is 0.263 e. The highest BCUT2D eigenvalue weighted by atomic mass is 79.9. The molecule has 9 heteroatoms. The van der Waals surface area contributed by atoms with Crippen LogP contribution in [0.1, 0.15) is 0 Å². The number of hydrogen-bond donors (Lipinski definition) is 2. The van der Waals surface area contributed by atoms with Gasteiger partial charge in [0.05, 0.1) is 10.7 Å². The third-order valence-corrected chi connectivity index (χ3v) is 4.95. The lowest BCUT2D eigenvalue weighted by Gasteiger charge is -2.12. The molecule has 0 radical (unpaired) electrons. The first kappa shape index (κ1) is 16.0. The highest BCUT2D eigenvalue weighted by Crippen LogP contribution is 2.31. The number of rotatable bonds is 3. The molecular formula is C12H8BrClF2N2O2S. The average Bonchev–Trinajstić information content (AvgIpc) is 2.33. The van der Waals surface area contributed by atoms with E-state index in [1.165, 1.54) is 18.2 Å². The minimum absolute atomic E-state index is 0.0739. The molecule has 0 fully saturated rings. The van der Waals surface area contributed by atoms with Crippen LogP contribution in [0.4, 0.5) is 20.2 Å². The van der Waals surface area contributed by atoms with E-state index in [-0.39, 0.29) is 20.1 Å². The Kier molecular flexibility index (Phi) is 4.40. The van der Waals surface area contributed by atoms with Gasteiger partial charge in [0.15, 0.2) is 5.82 Å². The summed E-state index contributed by atoms with van der Waals surface area (Å²) in [5.41, 5.74) is 5.35. The molecule has 2 rings (SSSR count). The molecular weight excluding hydrogens is 390 g/mol. The Labute approximate surface area is 133 Å². The summed E-state index contributed by atoms with van der Waals surface area (Å²) in [6.07, 6.45) is 0. The summed E-state index contributed by atoms with van der Waals surface area (Å²) in [5.74, 6) is -1.90. The molecule has 0 aromatic heterocycles. The van der Waals surface area contributed by atoms with Gasteiger partial charge >= 0.3 is 0 Å². The summed E-state index contributed by atoms with van der Waals surface area (Å²) < 4.78 is 53.0. The Balaban J connectivity index is 2.47. The van der Waals surface area contributed by atoms with E-state index < -0.39 is 27.3 Å². The van der Waals surface area contributed by atoms with Gasteiger partial charge in [-0.3, -0.25) is 4.72 Å². The number of sulfonamides is 1. The first-order chi connectivity index (χ1) is 9.70. The van der Waals surface area contributed by atoms with Crippen molar-refractivity contribution in [3.05, 3.63) is 51.5 Å². The number of nitrogens with one attached hydrogen (secondary N) is 1. The number of anilines is 2. The predicted molar refractivity (Wildman–Crippen MR) is 80.7 cm³/mol. The van der Waals surface area contributed by atoms with Gasteiger partial charge in [0.2, 0.25) is 0 Å². The molecule has 2 aromatic carbocycles. The molecule has 21 heavy (non-hydrogen) atoms. The fraction of sp³-hybridized carbons (Fsp3) is 0. The molecule has 0 spiro atoms. The molecule has 4 nitrogen and oxygen atoms in total. The van der Waals surface area contributed by atoms with Crippen molar-refractivity contribution in [2.24, 2.45) is 0 Å². The van der Waals surface area contributed by atoms with Gasteiger partial charge in [0.25, 0.3) is 10.0 Å². The highest BCUT2D eigenvalue weighted by molar-refractivity contribution is 9.10. The van der Waals surface area contributed by atoms with E-state index in [1.54, 1.807) is 0 Å². The topological polar surface area (TPSA) is 72.2 Å². The Morgan fingerprint density at radius 3 is 2.43 bits per heavy atom. The van der Waals surface area contributed by atoms with Gasteiger partial charge in [-0.1, -0.05) is 11.6 Å². The lowest BCUT2D eigenvalue weighted by atomic mass is 10.3. The van der Waals surface area contributed by atoms with Gasteiger partial charge in [0.1, 0.15) is 10.7 Å². The van der Waals surface area contributed by atoms with Gasteiger partial charge in [-0.05, 0) is 40.2 Å². The van der Waals surface area contributed by atoms with Crippen molar-refractivity contribution in [1.29, 1.82) is 0 Å². The van der Waals surface area contributed by atoms with Gasteiger partial charge < -0.3 is 5.73 Å². The molecule has 0 bridgehead atoms. The second-order valence-corrected chi connectivity index (χ2v) is 6.95. The number of hydrogen-bond acceptors (Lipinski definition) is 3. The van der Waals surface area contributed by atoms with Crippen molar-refractivity contribution in [3.8, 4) is 0 Å². The third-order valence-electron chi connectivity index (χ3n) is 2.49. The molecule has 0 saturated carbocycles. The Morgan fingerprint density at radius 1 is 1.19 bits per heavy atom. The van der Waals surface area contributed by atoms with Crippen LogP contribution in [-0.2, 0) is 10.0 Å². The van der Waals surface area contributed by atoms with Gasteiger partial charge in [-0.2, -0.15) is 0 Å². The normalized spacial score (nSPS) is 11.4. The lowest BCUT2D eigenvalue weighted by Crippen LogP contribution is -2.15. The fourth-order valence-electron chi connectivity index (χ4n) is 1.56. The molecule has 0 aliphatic carbocycles. The number of halogens is 4. The van der Waals surface area contributed by atoms with E-state index in [0.29, 0.717) is 6.07 Å². The minimum atomic E-state index is -4.15. The van der Waals surface area contributed by atoms with E-state index in [1.807, 2.05) is 4.72 Å². The van der Waals surface area contributed by atoms with Crippen LogP contribution in [0.3, 0.4) is 0 Å². The highest BCUT2D eigenvalue weighted by Gasteiger charge is 2.21. The largest absolute Gasteiger partial charge is 0.399 e. The van der Waals surface area contributed by atoms with Crippen LogP contribution < -0.4 is 10.5 Å². The number of nitrogen functional groups attached to an aromatic ring is 1. The molecule has 0 aliphatic rings. The molecule has 2 aromatic rings. The van der Waals surface area contributed by atoms with Crippen LogP contribution in [0.15, 0.2) is 39.7 Å². The van der Waals surface area contributed by atoms with Crippen LogP contribution in [0.5, 0.6) is 0 Å². The Morgan fingerprint density at radius 2 is 1.86 bits per heavy atom. The van der Waals surface area contributed by atoms with E-state index in [9.17, 15) is 17.2 Å². The van der Waals surface area contributed by atoms with E-state index in [0.717, 1.165) is 6.07 Å². The SMILES string of the molecule is Nc1ccc(S(=O)(=O)Nc2c(F)cc(F)cc2Br)c(Cl)c1. The van der Waals surface area contributed by atoms with Crippen LogP contribution in [0.25, 0.3) is 0 Å². The molecule has 0 unspecified atom stereocenters. The lowest BCUT2D eigenvalue weighted by molar-refractivity contribution is 0.581. The summed E-state index contributed by atoms with van der Waals surface area (Å²) >= 11 is 8.71. The Hall–Kier alpha value is -1.38. The van der Waals surface area contributed by atoms with E-state index in [4.69, 9.17) is 17.3 Å². The zero-order valence-electron chi connectivity index (χ0n) is 10.2. The first-order valence-electron chi connectivity index (χ1n) is 5.43. The second-order valence-electron chi connectivity index (χ2n) is 4.04. The maximum absolute atomic E-state index is 13.7. The minimum Gasteiger partial charge on any atom is -0.399 e. The van der Waals surface area contributed by atoms with Crippen LogP contribution in [-0.4, -0.2) is 8.42 Å². The fourth-order valence-corrected chi connectivity index (χ4v) is 3.85. The second kappa shape index (κ2) is 5.78. The zero-order valence-corrected chi connectivity index (χ0v) is 13.4. The van der Waals surface area contributed by atoms with E-state index in [2.05, 4.69) is 15.9 Å². The van der Waals surface area contributed by atoms with Crippen molar-refractivity contribution in [2.75, 3.05) is 10.5 Å². The maximum Gasteiger partial charge on any atom is 0.263 e. The van der Waals surface area contributed by atoms with E-state index >= 15 is 0 Å². The monoisotopic (exact) mass is 396 g/mol. The third kappa shape index (κ3) is 3.45. The van der Waals surface area contributed by atoms with Gasteiger partial charge in [-0.25, -0.2) is 17.2 Å². The quantitative estimate of drug-likeness (QED) is 0.775. The predicted octanol–water partition coefficient (Wildman–Crippen LogP) is 3.76. The summed E-state index contributed by atoms with van der Waals surface area (Å²) in [5, 5.41) is -0.110. The molecule has 0 saturated heterocycles. The Bertz CT molecular complexity index is 792. The first-order valence-corrected chi connectivity index (χ1v) is 8.08. The molecule has 3 N–H and O–H groups in total. The number of benzene rings is 2. The van der Waals surface area contributed by atoms with Crippen molar-refractivity contribution in [3.63, 3.8) is 0 Å². The summed E-state index contributed by atoms with van der Waals surface area (Å²) in [6.45, 7) is 0. The maximum atomic E-state index is 13.7. The van der Waals surface area contributed by atoms with Crippen molar-refractivity contribution >= 4 is 48.9 Å². The van der Waals surface area contributed by atoms with Gasteiger partial charge in [-0.15, -0.1) is 0 Å². The molecule has 0 amide bonds. The summed E-state index contributed by atoms with van der Waals surface area (Å²) in [4.78, 5) is -0.269. The standard InChI is InChI=1S/C12H8BrClF2N2O2S/c13-8-3-6(15)4-10(16)12(8)18-21(19,20)11-2-1-7(17)5-9(11)14/h1-5,18H,17H2.